The summed E-state index contributed by atoms with van der Waals surface area (Å²) in [5.41, 5.74) is 6.36. The van der Waals surface area contributed by atoms with Crippen molar-refractivity contribution in [2.24, 2.45) is 11.1 Å². The van der Waals surface area contributed by atoms with Gasteiger partial charge in [0.1, 0.15) is 0 Å². The van der Waals surface area contributed by atoms with Gasteiger partial charge in [0.2, 0.25) is 5.91 Å². The van der Waals surface area contributed by atoms with Gasteiger partial charge in [0.15, 0.2) is 0 Å². The lowest BCUT2D eigenvalue weighted by atomic mass is 9.91. The molecule has 1 fully saturated rings. The maximum Gasteiger partial charge on any atom is 0.229 e. The highest BCUT2D eigenvalue weighted by Gasteiger charge is 2.32. The highest BCUT2D eigenvalue weighted by Crippen LogP contribution is 2.22. The van der Waals surface area contributed by atoms with Gasteiger partial charge in [-0.25, -0.2) is 0 Å². The van der Waals surface area contributed by atoms with Gasteiger partial charge in [-0.1, -0.05) is 11.6 Å². The summed E-state index contributed by atoms with van der Waals surface area (Å²) in [7, 11) is 0. The summed E-state index contributed by atoms with van der Waals surface area (Å²) in [6.45, 7) is 7.35. The van der Waals surface area contributed by atoms with E-state index in [9.17, 15) is 4.79 Å². The SMILES string of the molecule is CC(C)(CN)C(=O)N1CCN(c2ccc(Cl)cc2)CC1. The van der Waals surface area contributed by atoms with Crippen LogP contribution in [-0.2, 0) is 4.79 Å². The summed E-state index contributed by atoms with van der Waals surface area (Å²) in [6, 6.07) is 7.82. The highest BCUT2D eigenvalue weighted by molar-refractivity contribution is 6.30. The molecule has 1 aliphatic heterocycles. The number of anilines is 1. The van der Waals surface area contributed by atoms with Gasteiger partial charge in [0, 0.05) is 43.4 Å². The van der Waals surface area contributed by atoms with E-state index < -0.39 is 5.41 Å². The second-order valence-electron chi connectivity index (χ2n) is 5.84. The Kier molecular flexibility index (Phi) is 4.55. The molecular formula is C15H22ClN3O. The molecule has 0 aliphatic carbocycles. The van der Waals surface area contributed by atoms with Gasteiger partial charge in [0.25, 0.3) is 0 Å². The fourth-order valence-electron chi connectivity index (χ4n) is 2.33. The molecular weight excluding hydrogens is 274 g/mol. The third-order valence-corrected chi connectivity index (χ3v) is 4.10. The molecule has 5 heteroatoms. The van der Waals surface area contributed by atoms with Crippen molar-refractivity contribution in [2.75, 3.05) is 37.6 Å². The number of nitrogens with zero attached hydrogens (tertiary/aromatic N) is 2. The predicted octanol–water partition coefficient (Wildman–Crippen LogP) is 1.97. The van der Waals surface area contributed by atoms with Crippen molar-refractivity contribution in [1.82, 2.24) is 4.90 Å². The Morgan fingerprint density at radius 2 is 1.75 bits per heavy atom. The molecule has 2 rings (SSSR count). The van der Waals surface area contributed by atoms with Crippen LogP contribution in [0, 0.1) is 5.41 Å². The largest absolute Gasteiger partial charge is 0.368 e. The number of amides is 1. The lowest BCUT2D eigenvalue weighted by Gasteiger charge is -2.39. The van der Waals surface area contributed by atoms with Crippen molar-refractivity contribution >= 4 is 23.2 Å². The van der Waals surface area contributed by atoms with Crippen LogP contribution in [0.4, 0.5) is 5.69 Å². The van der Waals surface area contributed by atoms with Crippen LogP contribution in [0.3, 0.4) is 0 Å². The first-order valence-corrected chi connectivity index (χ1v) is 7.32. The first-order valence-electron chi connectivity index (χ1n) is 6.94. The van der Waals surface area contributed by atoms with Gasteiger partial charge in [-0.15, -0.1) is 0 Å². The summed E-state index contributed by atoms with van der Waals surface area (Å²) in [6.07, 6.45) is 0. The van der Waals surface area contributed by atoms with E-state index in [0.717, 1.165) is 36.9 Å². The third-order valence-electron chi connectivity index (χ3n) is 3.85. The van der Waals surface area contributed by atoms with E-state index in [-0.39, 0.29) is 5.91 Å². The van der Waals surface area contributed by atoms with Crippen LogP contribution in [0.15, 0.2) is 24.3 Å². The molecule has 1 aromatic rings. The van der Waals surface area contributed by atoms with E-state index in [2.05, 4.69) is 4.90 Å². The van der Waals surface area contributed by atoms with Gasteiger partial charge in [-0.05, 0) is 38.1 Å². The van der Waals surface area contributed by atoms with Crippen LogP contribution in [0.2, 0.25) is 5.02 Å². The molecule has 0 atom stereocenters. The number of benzene rings is 1. The molecule has 2 N–H and O–H groups in total. The van der Waals surface area contributed by atoms with Crippen LogP contribution in [0.25, 0.3) is 0 Å². The normalized spacial score (nSPS) is 16.4. The summed E-state index contributed by atoms with van der Waals surface area (Å²) >= 11 is 5.90. The minimum Gasteiger partial charge on any atom is -0.368 e. The quantitative estimate of drug-likeness (QED) is 0.927. The minimum absolute atomic E-state index is 0.149. The van der Waals surface area contributed by atoms with Crippen LogP contribution in [0.1, 0.15) is 13.8 Å². The van der Waals surface area contributed by atoms with Crippen LogP contribution in [-0.4, -0.2) is 43.5 Å². The summed E-state index contributed by atoms with van der Waals surface area (Å²) in [5.74, 6) is 0.149. The topological polar surface area (TPSA) is 49.6 Å². The molecule has 0 aromatic heterocycles. The lowest BCUT2D eigenvalue weighted by molar-refractivity contribution is -0.140. The zero-order valence-electron chi connectivity index (χ0n) is 12.1. The maximum absolute atomic E-state index is 12.3. The van der Waals surface area contributed by atoms with E-state index in [4.69, 9.17) is 17.3 Å². The van der Waals surface area contributed by atoms with Gasteiger partial charge in [-0.3, -0.25) is 4.79 Å². The van der Waals surface area contributed by atoms with E-state index in [0.29, 0.717) is 6.54 Å². The molecule has 1 saturated heterocycles. The number of hydrogen-bond donors (Lipinski definition) is 1. The smallest absolute Gasteiger partial charge is 0.229 e. The molecule has 0 radical (unpaired) electrons. The molecule has 1 heterocycles. The summed E-state index contributed by atoms with van der Waals surface area (Å²) < 4.78 is 0. The summed E-state index contributed by atoms with van der Waals surface area (Å²) in [5, 5.41) is 0.743. The Morgan fingerprint density at radius 1 is 1.20 bits per heavy atom. The molecule has 0 unspecified atom stereocenters. The number of hydrogen-bond acceptors (Lipinski definition) is 3. The minimum atomic E-state index is -0.470. The average molecular weight is 296 g/mol. The monoisotopic (exact) mass is 295 g/mol. The molecule has 1 aliphatic rings. The van der Waals surface area contributed by atoms with Gasteiger partial charge < -0.3 is 15.5 Å². The van der Waals surface area contributed by atoms with E-state index in [1.165, 1.54) is 0 Å². The van der Waals surface area contributed by atoms with Crippen molar-refractivity contribution in [3.8, 4) is 0 Å². The van der Waals surface area contributed by atoms with E-state index in [1.807, 2.05) is 43.0 Å². The summed E-state index contributed by atoms with van der Waals surface area (Å²) in [4.78, 5) is 16.5. The Hall–Kier alpha value is -1.26. The van der Waals surface area contributed by atoms with Crippen LogP contribution in [0.5, 0.6) is 0 Å². The molecule has 0 bridgehead atoms. The third kappa shape index (κ3) is 3.25. The molecule has 1 aromatic carbocycles. The number of halogens is 1. The molecule has 110 valence electrons. The van der Waals surface area contributed by atoms with Gasteiger partial charge >= 0.3 is 0 Å². The second kappa shape index (κ2) is 6.02. The van der Waals surface area contributed by atoms with Crippen LogP contribution < -0.4 is 10.6 Å². The first kappa shape index (κ1) is 15.1. The van der Waals surface area contributed by atoms with Crippen LogP contribution >= 0.6 is 11.6 Å². The number of piperazine rings is 1. The van der Waals surface area contributed by atoms with E-state index in [1.54, 1.807) is 0 Å². The Balaban J connectivity index is 1.96. The highest BCUT2D eigenvalue weighted by atomic mass is 35.5. The Morgan fingerprint density at radius 3 is 2.25 bits per heavy atom. The van der Waals surface area contributed by atoms with Gasteiger partial charge in [-0.2, -0.15) is 0 Å². The zero-order chi connectivity index (χ0) is 14.8. The zero-order valence-corrected chi connectivity index (χ0v) is 12.9. The van der Waals surface area contributed by atoms with Gasteiger partial charge in [0.05, 0.1) is 5.41 Å². The first-order chi connectivity index (χ1) is 9.44. The predicted molar refractivity (Wildman–Crippen MR) is 83.1 cm³/mol. The van der Waals surface area contributed by atoms with Crippen molar-refractivity contribution < 1.29 is 4.79 Å². The molecule has 20 heavy (non-hydrogen) atoms. The van der Waals surface area contributed by atoms with Crippen molar-refractivity contribution in [3.05, 3.63) is 29.3 Å². The standard InChI is InChI=1S/C15H22ClN3O/c1-15(2,11-17)14(20)19-9-7-18(8-10-19)13-5-3-12(16)4-6-13/h3-6H,7-11,17H2,1-2H3. The second-order valence-corrected chi connectivity index (χ2v) is 6.28. The molecule has 0 saturated carbocycles. The average Bonchev–Trinajstić information content (AvgIpc) is 2.47. The number of nitrogens with two attached hydrogens (primary N) is 1. The lowest BCUT2D eigenvalue weighted by Crippen LogP contribution is -2.53. The Labute approximate surface area is 125 Å². The van der Waals surface area contributed by atoms with Crippen molar-refractivity contribution in [3.63, 3.8) is 0 Å². The molecule has 0 spiro atoms. The fourth-order valence-corrected chi connectivity index (χ4v) is 2.46. The fraction of sp³-hybridized carbons (Fsp3) is 0.533. The Bertz CT molecular complexity index is 465. The number of carbonyl (C=O) groups is 1. The van der Waals surface area contributed by atoms with Crippen molar-refractivity contribution in [1.29, 1.82) is 0 Å². The number of carbonyl (C=O) groups excluding carboxylic acids is 1. The maximum atomic E-state index is 12.3. The number of rotatable bonds is 3. The van der Waals surface area contributed by atoms with Crippen molar-refractivity contribution in [2.45, 2.75) is 13.8 Å². The molecule has 4 nitrogen and oxygen atoms in total. The molecule has 1 amide bonds. The van der Waals surface area contributed by atoms with E-state index >= 15 is 0 Å².